The van der Waals surface area contributed by atoms with Crippen LogP contribution >= 0.6 is 0 Å². The Labute approximate surface area is 224 Å². The Balaban J connectivity index is 1.46. The number of fused-ring (bicyclic) bond motifs is 4. The van der Waals surface area contributed by atoms with Crippen LogP contribution in [0.3, 0.4) is 0 Å². The maximum Gasteiger partial charge on any atom is 0.0783 e. The molecule has 0 bridgehead atoms. The highest BCUT2D eigenvalue weighted by molar-refractivity contribution is 6.06. The van der Waals surface area contributed by atoms with Crippen LogP contribution in [0.25, 0.3) is 34.0 Å². The van der Waals surface area contributed by atoms with Crippen LogP contribution in [0.1, 0.15) is 42.5 Å². The highest BCUT2D eigenvalue weighted by atomic mass is 14.8. The molecule has 0 atom stereocenters. The second-order valence-corrected chi connectivity index (χ2v) is 10.7. The Kier molecular flexibility index (Phi) is 5.26. The molecule has 0 aromatic heterocycles. The zero-order valence-electron chi connectivity index (χ0n) is 21.8. The number of hydrogen-bond donors (Lipinski definition) is 0. The molecule has 0 amide bonds. The van der Waals surface area contributed by atoms with Gasteiger partial charge in [-0.25, -0.2) is 0 Å². The molecule has 38 heavy (non-hydrogen) atoms. The normalized spacial score (nSPS) is 15.0. The van der Waals surface area contributed by atoms with Crippen LogP contribution in [0.4, 0.5) is 0 Å². The number of nitrogens with zero attached hydrogens (tertiary/aromatic N) is 1. The lowest BCUT2D eigenvalue weighted by Gasteiger charge is -2.21. The van der Waals surface area contributed by atoms with E-state index in [1.807, 2.05) is 0 Å². The summed E-state index contributed by atoms with van der Waals surface area (Å²) in [4.78, 5) is 5.27. The molecule has 1 aliphatic heterocycles. The quantitative estimate of drug-likeness (QED) is 0.250. The van der Waals surface area contributed by atoms with E-state index in [0.29, 0.717) is 0 Å². The lowest BCUT2D eigenvalue weighted by Crippen LogP contribution is -2.26. The van der Waals surface area contributed by atoms with Crippen LogP contribution in [0.15, 0.2) is 126 Å². The summed E-state index contributed by atoms with van der Waals surface area (Å²) in [6.07, 6.45) is 3.14. The molecule has 0 N–H and O–H groups in total. The molecule has 0 spiro atoms. The smallest absolute Gasteiger partial charge is 0.0783 e. The van der Waals surface area contributed by atoms with Crippen molar-refractivity contribution >= 4 is 17.5 Å². The van der Waals surface area contributed by atoms with Crippen molar-refractivity contribution in [1.82, 2.24) is 0 Å². The summed E-state index contributed by atoms with van der Waals surface area (Å²) < 4.78 is 0. The fraction of sp³-hybridized carbons (Fsp3) is 0.108. The first-order valence-electron chi connectivity index (χ1n) is 13.4. The first-order chi connectivity index (χ1) is 18.6. The van der Waals surface area contributed by atoms with Crippen molar-refractivity contribution in [2.45, 2.75) is 25.7 Å². The van der Waals surface area contributed by atoms with E-state index in [1.54, 1.807) is 0 Å². The van der Waals surface area contributed by atoms with E-state index in [0.717, 1.165) is 23.4 Å². The van der Waals surface area contributed by atoms with Crippen LogP contribution in [-0.2, 0) is 5.41 Å². The topological polar surface area (TPSA) is 12.4 Å². The Morgan fingerprint density at radius 1 is 0.579 bits per heavy atom. The Hall–Kier alpha value is -4.49. The minimum atomic E-state index is -0.00751. The average Bonchev–Trinajstić information content (AvgIpc) is 3.09. The minimum absolute atomic E-state index is 0.00751. The molecule has 2 aliphatic rings. The molecule has 0 fully saturated rings. The van der Waals surface area contributed by atoms with Gasteiger partial charge in [0.05, 0.1) is 11.4 Å². The molecule has 0 radical (unpaired) electrons. The zero-order chi connectivity index (χ0) is 25.7. The van der Waals surface area contributed by atoms with Crippen molar-refractivity contribution in [2.75, 3.05) is 0 Å². The second kappa shape index (κ2) is 8.82. The van der Waals surface area contributed by atoms with Crippen molar-refractivity contribution in [3.63, 3.8) is 0 Å². The molecule has 5 aromatic carbocycles. The van der Waals surface area contributed by atoms with E-state index >= 15 is 0 Å². The largest absolute Gasteiger partial charge is 0.251 e. The van der Waals surface area contributed by atoms with Gasteiger partial charge in [0.2, 0.25) is 0 Å². The van der Waals surface area contributed by atoms with Gasteiger partial charge in [-0.1, -0.05) is 135 Å². The summed E-state index contributed by atoms with van der Waals surface area (Å²) in [6, 6.07) is 43.7. The van der Waals surface area contributed by atoms with Gasteiger partial charge in [-0.05, 0) is 50.2 Å². The van der Waals surface area contributed by atoms with Gasteiger partial charge >= 0.3 is 0 Å². The van der Waals surface area contributed by atoms with E-state index in [9.17, 15) is 0 Å². The third-order valence-electron chi connectivity index (χ3n) is 8.14. The van der Waals surface area contributed by atoms with E-state index in [2.05, 4.69) is 141 Å². The molecule has 182 valence electrons. The van der Waals surface area contributed by atoms with Gasteiger partial charge in [-0.2, -0.15) is 0 Å². The highest BCUT2D eigenvalue weighted by Crippen LogP contribution is 2.51. The molecule has 7 rings (SSSR count). The van der Waals surface area contributed by atoms with Crippen LogP contribution in [0, 0.1) is 0 Å². The first kappa shape index (κ1) is 22.7. The van der Waals surface area contributed by atoms with Crippen molar-refractivity contribution in [3.8, 4) is 22.3 Å². The molecule has 1 aliphatic carbocycles. The zero-order valence-corrected chi connectivity index (χ0v) is 21.8. The number of aliphatic imine (C=N–C) groups is 1. The Bertz CT molecular complexity index is 1840. The SMILES string of the molecule is CC1(C)c2ccccc2-c2c(-c3ccc4c(c3)=CCC(c3ccccc3)=NC=4c3ccccc3)cccc21. The van der Waals surface area contributed by atoms with Crippen LogP contribution < -0.4 is 10.4 Å². The summed E-state index contributed by atoms with van der Waals surface area (Å²) in [6.45, 7) is 4.69. The van der Waals surface area contributed by atoms with Crippen LogP contribution in [0.5, 0.6) is 0 Å². The summed E-state index contributed by atoms with van der Waals surface area (Å²) in [5.74, 6) is 0. The first-order valence-corrected chi connectivity index (χ1v) is 13.4. The van der Waals surface area contributed by atoms with E-state index in [1.165, 1.54) is 49.4 Å². The van der Waals surface area contributed by atoms with Crippen molar-refractivity contribution in [1.29, 1.82) is 0 Å². The fourth-order valence-corrected chi connectivity index (χ4v) is 6.19. The lowest BCUT2D eigenvalue weighted by atomic mass is 9.82. The second-order valence-electron chi connectivity index (χ2n) is 10.7. The predicted molar refractivity (Wildman–Crippen MR) is 160 cm³/mol. The summed E-state index contributed by atoms with van der Waals surface area (Å²) in [5, 5.41) is 2.42. The van der Waals surface area contributed by atoms with Crippen molar-refractivity contribution < 1.29 is 0 Å². The summed E-state index contributed by atoms with van der Waals surface area (Å²) >= 11 is 0. The monoisotopic (exact) mass is 487 g/mol. The van der Waals surface area contributed by atoms with Gasteiger partial charge in [0.25, 0.3) is 0 Å². The Morgan fingerprint density at radius 3 is 2.03 bits per heavy atom. The Morgan fingerprint density at radius 2 is 1.24 bits per heavy atom. The van der Waals surface area contributed by atoms with Crippen LogP contribution in [0.2, 0.25) is 0 Å². The van der Waals surface area contributed by atoms with Gasteiger partial charge in [-0.15, -0.1) is 0 Å². The maximum atomic E-state index is 5.27. The van der Waals surface area contributed by atoms with Gasteiger partial charge in [0.15, 0.2) is 0 Å². The third-order valence-corrected chi connectivity index (χ3v) is 8.14. The van der Waals surface area contributed by atoms with Gasteiger partial charge in [0, 0.05) is 22.6 Å². The molecule has 1 heteroatoms. The van der Waals surface area contributed by atoms with E-state index in [-0.39, 0.29) is 5.41 Å². The van der Waals surface area contributed by atoms with Gasteiger partial charge in [0.1, 0.15) is 0 Å². The summed E-state index contributed by atoms with van der Waals surface area (Å²) in [7, 11) is 0. The highest BCUT2D eigenvalue weighted by Gasteiger charge is 2.36. The number of rotatable bonds is 3. The van der Waals surface area contributed by atoms with E-state index in [4.69, 9.17) is 4.99 Å². The lowest BCUT2D eigenvalue weighted by molar-refractivity contribution is 0.660. The fourth-order valence-electron chi connectivity index (χ4n) is 6.19. The maximum absolute atomic E-state index is 5.27. The summed E-state index contributed by atoms with van der Waals surface area (Å²) in [5.41, 5.74) is 12.5. The molecule has 0 saturated carbocycles. The third kappa shape index (κ3) is 3.58. The standard InChI is InChI=1S/C37H29N/c1-37(2)32-18-10-9-16-31(32)35-29(17-11-19-33(35)37)27-20-22-30-28(24-27)21-23-34(25-12-5-3-6-13-25)38-36(30)26-14-7-4-8-15-26/h3-22,24H,23H2,1-2H3. The molecule has 0 saturated heterocycles. The molecular formula is C37H29N. The average molecular weight is 488 g/mol. The van der Waals surface area contributed by atoms with Crippen molar-refractivity contribution in [2.24, 2.45) is 4.99 Å². The molecule has 0 unspecified atom stereocenters. The molecular weight excluding hydrogens is 458 g/mol. The van der Waals surface area contributed by atoms with Crippen molar-refractivity contribution in [3.05, 3.63) is 154 Å². The van der Waals surface area contributed by atoms with E-state index < -0.39 is 0 Å². The predicted octanol–water partition coefficient (Wildman–Crippen LogP) is 7.49. The van der Waals surface area contributed by atoms with Crippen LogP contribution in [-0.4, -0.2) is 5.71 Å². The van der Waals surface area contributed by atoms with Gasteiger partial charge < -0.3 is 0 Å². The van der Waals surface area contributed by atoms with Gasteiger partial charge in [-0.3, -0.25) is 4.99 Å². The molecule has 5 aromatic rings. The molecule has 1 nitrogen and oxygen atoms in total. The molecule has 1 heterocycles. The number of benzene rings is 5. The number of hydrogen-bond acceptors (Lipinski definition) is 1. The minimum Gasteiger partial charge on any atom is -0.251 e.